The number of para-hydroxylation sites is 2. The van der Waals surface area contributed by atoms with Crippen LogP contribution in [0.1, 0.15) is 11.1 Å². The molecule has 0 aliphatic carbocycles. The van der Waals surface area contributed by atoms with E-state index in [1.54, 1.807) is 36.5 Å². The fraction of sp³-hybridized carbons (Fsp3) is 0.0333. The molecule has 0 saturated heterocycles. The Hall–Kier alpha value is -4.84. The average Bonchev–Trinajstić information content (AvgIpc) is 3.41. The molecule has 0 spiro atoms. The molecule has 196 valence electrons. The predicted octanol–water partition coefficient (Wildman–Crippen LogP) is 6.78. The van der Waals surface area contributed by atoms with Crippen LogP contribution in [0.4, 0.5) is 5.69 Å². The Morgan fingerprint density at radius 1 is 1.00 bits per heavy atom. The lowest BCUT2D eigenvalue weighted by molar-refractivity contribution is -0.384. The van der Waals surface area contributed by atoms with Crippen LogP contribution in [0.2, 0.25) is 0 Å². The first-order chi connectivity index (χ1) is 19.5. The van der Waals surface area contributed by atoms with Crippen LogP contribution in [0, 0.1) is 13.7 Å². The number of rotatable bonds is 7. The van der Waals surface area contributed by atoms with Crippen LogP contribution in [-0.2, 0) is 6.61 Å². The topological polar surface area (TPSA) is 113 Å². The molecule has 0 fully saturated rings. The summed E-state index contributed by atoms with van der Waals surface area (Å²) >= 11 is 2.17. The normalized spacial score (nSPS) is 11.4. The van der Waals surface area contributed by atoms with Gasteiger partial charge in [-0.25, -0.2) is 4.98 Å². The summed E-state index contributed by atoms with van der Waals surface area (Å²) in [5.74, 6) is 1.39. The maximum Gasteiger partial charge on any atom is 0.282 e. The number of ether oxygens (including phenoxy) is 1. The number of nitro groups is 1. The molecular weight excluding hydrogens is 623 g/mol. The second-order valence-corrected chi connectivity index (χ2v) is 10.0. The summed E-state index contributed by atoms with van der Waals surface area (Å²) in [6, 6.07) is 28.3. The standard InChI is InChI=1S/C30H19IN4O5/c31-24-15-20(11-14-27(24)39-18-19-9-12-22(13-10-19)35(37)38)17-32-34-29(28-16-21-5-1-4-8-26(21)40-28)33-25-7-3-2-6-23(25)30(34)36/h1-17H,18H2. The minimum absolute atomic E-state index is 0.0335. The highest BCUT2D eigenvalue weighted by Gasteiger charge is 2.16. The summed E-state index contributed by atoms with van der Waals surface area (Å²) in [4.78, 5) is 28.6. The van der Waals surface area contributed by atoms with Gasteiger partial charge >= 0.3 is 0 Å². The molecule has 6 rings (SSSR count). The molecule has 0 amide bonds. The zero-order chi connectivity index (χ0) is 27.6. The fourth-order valence-corrected chi connectivity index (χ4v) is 4.89. The van der Waals surface area contributed by atoms with Crippen molar-refractivity contribution in [2.24, 2.45) is 5.10 Å². The molecule has 0 bridgehead atoms. The summed E-state index contributed by atoms with van der Waals surface area (Å²) in [6.45, 7) is 0.264. The molecule has 0 atom stereocenters. The molecule has 0 aliphatic heterocycles. The monoisotopic (exact) mass is 642 g/mol. The summed E-state index contributed by atoms with van der Waals surface area (Å²) in [6.07, 6.45) is 1.59. The van der Waals surface area contributed by atoms with Crippen LogP contribution in [0.5, 0.6) is 5.75 Å². The lowest BCUT2D eigenvalue weighted by atomic mass is 10.2. The number of aromatic nitrogens is 2. The average molecular weight is 642 g/mol. The van der Waals surface area contributed by atoms with Crippen LogP contribution in [0.3, 0.4) is 0 Å². The van der Waals surface area contributed by atoms with E-state index in [0.717, 1.165) is 20.1 Å². The lowest BCUT2D eigenvalue weighted by Gasteiger charge is -2.09. The van der Waals surface area contributed by atoms with Gasteiger partial charge in [-0.15, -0.1) is 0 Å². The molecule has 0 saturated carbocycles. The van der Waals surface area contributed by atoms with Crippen LogP contribution in [0.15, 0.2) is 111 Å². The molecule has 0 radical (unpaired) electrons. The van der Waals surface area contributed by atoms with E-state index in [4.69, 9.17) is 14.1 Å². The van der Waals surface area contributed by atoms with Crippen molar-refractivity contribution in [3.8, 4) is 17.3 Å². The third kappa shape index (κ3) is 5.08. The number of furan rings is 1. The number of nitro benzene ring substituents is 1. The zero-order valence-electron chi connectivity index (χ0n) is 20.7. The highest BCUT2D eigenvalue weighted by molar-refractivity contribution is 14.1. The number of benzene rings is 4. The molecule has 40 heavy (non-hydrogen) atoms. The van der Waals surface area contributed by atoms with E-state index in [2.05, 4.69) is 27.7 Å². The number of hydrogen-bond donors (Lipinski definition) is 0. The lowest BCUT2D eigenvalue weighted by Crippen LogP contribution is -2.20. The number of hydrogen-bond acceptors (Lipinski definition) is 7. The van der Waals surface area contributed by atoms with Crippen LogP contribution in [-0.4, -0.2) is 20.8 Å². The van der Waals surface area contributed by atoms with Crippen molar-refractivity contribution < 1.29 is 14.1 Å². The highest BCUT2D eigenvalue weighted by atomic mass is 127. The van der Waals surface area contributed by atoms with Crippen molar-refractivity contribution in [3.05, 3.63) is 132 Å². The van der Waals surface area contributed by atoms with Gasteiger partial charge in [0.25, 0.3) is 11.2 Å². The Morgan fingerprint density at radius 3 is 2.55 bits per heavy atom. The first-order valence-corrected chi connectivity index (χ1v) is 13.2. The summed E-state index contributed by atoms with van der Waals surface area (Å²) in [7, 11) is 0. The second-order valence-electron chi connectivity index (χ2n) is 8.86. The van der Waals surface area contributed by atoms with Crippen LogP contribution in [0.25, 0.3) is 33.5 Å². The van der Waals surface area contributed by atoms with E-state index >= 15 is 0 Å². The minimum Gasteiger partial charge on any atom is -0.488 e. The first kappa shape index (κ1) is 25.4. The van der Waals surface area contributed by atoms with E-state index in [-0.39, 0.29) is 17.9 Å². The van der Waals surface area contributed by atoms with Gasteiger partial charge in [0.15, 0.2) is 5.76 Å². The zero-order valence-corrected chi connectivity index (χ0v) is 22.9. The predicted molar refractivity (Wildman–Crippen MR) is 161 cm³/mol. The van der Waals surface area contributed by atoms with Crippen molar-refractivity contribution in [2.75, 3.05) is 0 Å². The van der Waals surface area contributed by atoms with Crippen molar-refractivity contribution in [1.82, 2.24) is 9.66 Å². The van der Waals surface area contributed by atoms with Crippen molar-refractivity contribution in [2.45, 2.75) is 6.61 Å². The number of fused-ring (bicyclic) bond motifs is 2. The van der Waals surface area contributed by atoms with E-state index < -0.39 is 4.92 Å². The summed E-state index contributed by atoms with van der Waals surface area (Å²) in [5.41, 5.74) is 2.53. The largest absolute Gasteiger partial charge is 0.488 e. The highest BCUT2D eigenvalue weighted by Crippen LogP contribution is 2.27. The third-order valence-electron chi connectivity index (χ3n) is 6.22. The fourth-order valence-electron chi connectivity index (χ4n) is 4.20. The van der Waals surface area contributed by atoms with Gasteiger partial charge in [-0.1, -0.05) is 30.3 Å². The van der Waals surface area contributed by atoms with Crippen LogP contribution < -0.4 is 10.3 Å². The Balaban J connectivity index is 1.30. The molecule has 0 aliphatic rings. The third-order valence-corrected chi connectivity index (χ3v) is 7.06. The van der Waals surface area contributed by atoms with Gasteiger partial charge in [0, 0.05) is 17.5 Å². The van der Waals surface area contributed by atoms with E-state index in [0.29, 0.717) is 33.8 Å². The summed E-state index contributed by atoms with van der Waals surface area (Å²) in [5, 5.41) is 16.7. The Kier molecular flexibility index (Phi) is 6.83. The smallest absolute Gasteiger partial charge is 0.282 e. The maximum absolute atomic E-state index is 13.5. The van der Waals surface area contributed by atoms with Crippen molar-refractivity contribution >= 4 is 56.4 Å². The van der Waals surface area contributed by atoms with Crippen LogP contribution >= 0.6 is 22.6 Å². The van der Waals surface area contributed by atoms with Gasteiger partial charge in [-0.05, 0) is 88.3 Å². The van der Waals surface area contributed by atoms with Gasteiger partial charge in [0.2, 0.25) is 5.82 Å². The molecule has 10 heteroatoms. The molecule has 9 nitrogen and oxygen atoms in total. The maximum atomic E-state index is 13.5. The molecular formula is C30H19IN4O5. The van der Waals surface area contributed by atoms with Crippen molar-refractivity contribution in [3.63, 3.8) is 0 Å². The molecule has 0 N–H and O–H groups in total. The molecule has 6 aromatic rings. The molecule has 4 aromatic carbocycles. The Labute approximate surface area is 240 Å². The number of halogens is 1. The quantitative estimate of drug-likeness (QED) is 0.0821. The van der Waals surface area contributed by atoms with E-state index in [9.17, 15) is 14.9 Å². The molecule has 2 heterocycles. The SMILES string of the molecule is O=c1c2ccccc2nc(-c2cc3ccccc3o2)n1N=Cc1ccc(OCc2ccc([N+](=O)[O-])cc2)c(I)c1. The van der Waals surface area contributed by atoms with Gasteiger partial charge in [-0.2, -0.15) is 9.78 Å². The van der Waals surface area contributed by atoms with E-state index in [1.807, 2.05) is 54.6 Å². The van der Waals surface area contributed by atoms with Gasteiger partial charge < -0.3 is 9.15 Å². The number of non-ortho nitro benzene ring substituents is 1. The molecule has 2 aromatic heterocycles. The van der Waals surface area contributed by atoms with Gasteiger partial charge in [0.1, 0.15) is 17.9 Å². The second kappa shape index (κ2) is 10.7. The first-order valence-electron chi connectivity index (χ1n) is 12.2. The van der Waals surface area contributed by atoms with E-state index in [1.165, 1.54) is 16.8 Å². The van der Waals surface area contributed by atoms with Gasteiger partial charge in [-0.3, -0.25) is 14.9 Å². The van der Waals surface area contributed by atoms with Crippen molar-refractivity contribution in [1.29, 1.82) is 0 Å². The molecule has 0 unspecified atom stereocenters. The Morgan fingerprint density at radius 2 is 1.77 bits per heavy atom. The number of nitrogens with zero attached hydrogens (tertiary/aromatic N) is 4. The summed E-state index contributed by atoms with van der Waals surface area (Å²) < 4.78 is 14.0. The minimum atomic E-state index is -0.435. The van der Waals surface area contributed by atoms with Gasteiger partial charge in [0.05, 0.1) is 25.6 Å². The Bertz CT molecular complexity index is 1950.